The third kappa shape index (κ3) is 4.59. The van der Waals surface area contributed by atoms with Gasteiger partial charge in [-0.05, 0) is 12.1 Å². The lowest BCUT2D eigenvalue weighted by Gasteiger charge is -2.21. The molecular formula is C16H13F6NO2. The van der Waals surface area contributed by atoms with Gasteiger partial charge in [0.15, 0.2) is 17.5 Å². The van der Waals surface area contributed by atoms with Gasteiger partial charge >= 0.3 is 12.4 Å². The molecule has 0 N–H and O–H groups in total. The van der Waals surface area contributed by atoms with Crippen LogP contribution >= 0.6 is 0 Å². The quantitative estimate of drug-likeness (QED) is 0.445. The second kappa shape index (κ2) is 6.50. The number of rotatable bonds is 3. The molecule has 0 aromatic heterocycles. The molecule has 0 aliphatic rings. The second-order valence-electron chi connectivity index (χ2n) is 6.30. The fraction of sp³-hybridized carbons (Fsp3) is 0.438. The van der Waals surface area contributed by atoms with Gasteiger partial charge in [0.1, 0.15) is 0 Å². The Morgan fingerprint density at radius 1 is 1.00 bits per heavy atom. The van der Waals surface area contributed by atoms with Gasteiger partial charge in [-0.1, -0.05) is 26.8 Å². The molecule has 0 saturated carbocycles. The number of halogens is 6. The molecule has 0 saturated heterocycles. The Labute approximate surface area is 139 Å². The normalized spacial score (nSPS) is 13.9. The summed E-state index contributed by atoms with van der Waals surface area (Å²) in [5.74, 6) is -4.45. The van der Waals surface area contributed by atoms with Crippen LogP contribution in [0.15, 0.2) is 18.2 Å². The summed E-state index contributed by atoms with van der Waals surface area (Å²) in [7, 11) is 0. The molecule has 0 heterocycles. The van der Waals surface area contributed by atoms with Crippen molar-refractivity contribution in [3.05, 3.63) is 34.9 Å². The van der Waals surface area contributed by atoms with Crippen molar-refractivity contribution in [3.8, 4) is 6.07 Å². The van der Waals surface area contributed by atoms with Crippen LogP contribution in [-0.2, 0) is 17.1 Å². The summed E-state index contributed by atoms with van der Waals surface area (Å²) < 4.78 is 77.2. The third-order valence-corrected chi connectivity index (χ3v) is 3.31. The van der Waals surface area contributed by atoms with E-state index in [0.717, 1.165) is 0 Å². The number of hydrogen-bond donors (Lipinski definition) is 0. The maximum absolute atomic E-state index is 13.1. The monoisotopic (exact) mass is 365 g/mol. The van der Waals surface area contributed by atoms with Crippen molar-refractivity contribution in [2.45, 2.75) is 33.1 Å². The molecule has 3 nitrogen and oxygen atoms in total. The number of alkyl halides is 6. The van der Waals surface area contributed by atoms with Crippen molar-refractivity contribution in [1.82, 2.24) is 0 Å². The third-order valence-electron chi connectivity index (χ3n) is 3.31. The fourth-order valence-electron chi connectivity index (χ4n) is 1.99. The Bertz CT molecular complexity index is 735. The van der Waals surface area contributed by atoms with Crippen LogP contribution in [0.5, 0.6) is 0 Å². The summed E-state index contributed by atoms with van der Waals surface area (Å²) in [6.45, 7) is 4.10. The van der Waals surface area contributed by atoms with Crippen molar-refractivity contribution >= 4 is 11.6 Å². The van der Waals surface area contributed by atoms with Crippen LogP contribution in [0.4, 0.5) is 26.3 Å². The first-order chi connectivity index (χ1) is 11.1. The van der Waals surface area contributed by atoms with Crippen LogP contribution in [0.1, 0.15) is 42.3 Å². The zero-order chi connectivity index (χ0) is 19.8. The largest absolute Gasteiger partial charge is 0.417 e. The summed E-state index contributed by atoms with van der Waals surface area (Å²) in [6.07, 6.45) is -10.3. The smallest absolute Gasteiger partial charge is 0.297 e. The van der Waals surface area contributed by atoms with E-state index in [-0.39, 0.29) is 6.07 Å². The van der Waals surface area contributed by atoms with Crippen LogP contribution in [-0.4, -0.2) is 11.6 Å². The molecular weight excluding hydrogens is 352 g/mol. The number of benzene rings is 1. The lowest BCUT2D eigenvalue weighted by molar-refractivity contribution is -0.143. The molecule has 0 fully saturated rings. The number of hydrogen-bond acceptors (Lipinski definition) is 3. The van der Waals surface area contributed by atoms with E-state index in [1.54, 1.807) is 0 Å². The van der Waals surface area contributed by atoms with Crippen molar-refractivity contribution in [1.29, 1.82) is 5.26 Å². The standard InChI is InChI=1S/C16H13F6NO2/c1-14(2,3)13(25)10(7-23)12(24)9-5-4-8(15(17,18)19)6-11(9)16(20,21)22/h4-6,10H,1-3H3. The van der Waals surface area contributed by atoms with E-state index in [0.29, 0.717) is 12.1 Å². The highest BCUT2D eigenvalue weighted by molar-refractivity contribution is 6.14. The molecule has 1 rings (SSSR count). The molecule has 1 atom stereocenters. The molecule has 136 valence electrons. The number of ketones is 2. The van der Waals surface area contributed by atoms with Gasteiger partial charge < -0.3 is 0 Å². The SMILES string of the molecule is CC(C)(C)C(=O)C(C#N)C(=O)c1ccc(C(F)(F)F)cc1C(F)(F)F. The molecule has 0 radical (unpaired) electrons. The van der Waals surface area contributed by atoms with E-state index in [2.05, 4.69) is 0 Å². The predicted molar refractivity (Wildman–Crippen MR) is 74.3 cm³/mol. The van der Waals surface area contributed by atoms with Crippen LogP contribution < -0.4 is 0 Å². The lowest BCUT2D eigenvalue weighted by atomic mass is 9.79. The Kier molecular flexibility index (Phi) is 5.38. The van der Waals surface area contributed by atoms with Gasteiger partial charge in [0, 0.05) is 11.0 Å². The number of Topliss-reactive ketones (excluding diaryl/α,β-unsaturated/α-hetero) is 2. The summed E-state index contributed by atoms with van der Waals surface area (Å²) in [5, 5.41) is 9.02. The van der Waals surface area contributed by atoms with Gasteiger partial charge in [-0.15, -0.1) is 0 Å². The minimum atomic E-state index is -5.27. The summed E-state index contributed by atoms with van der Waals surface area (Å²) in [4.78, 5) is 24.4. The van der Waals surface area contributed by atoms with Gasteiger partial charge in [0.05, 0.1) is 17.2 Å². The van der Waals surface area contributed by atoms with Gasteiger partial charge in [-0.2, -0.15) is 31.6 Å². The van der Waals surface area contributed by atoms with Crippen molar-refractivity contribution in [3.63, 3.8) is 0 Å². The molecule has 0 spiro atoms. The number of nitriles is 1. The van der Waals surface area contributed by atoms with Crippen LogP contribution in [0.25, 0.3) is 0 Å². The van der Waals surface area contributed by atoms with Crippen LogP contribution in [0, 0.1) is 22.7 Å². The first kappa shape index (κ1) is 20.7. The zero-order valence-electron chi connectivity index (χ0n) is 13.3. The topological polar surface area (TPSA) is 57.9 Å². The fourth-order valence-corrected chi connectivity index (χ4v) is 1.99. The van der Waals surface area contributed by atoms with E-state index in [1.807, 2.05) is 0 Å². The van der Waals surface area contributed by atoms with Gasteiger partial charge in [-0.3, -0.25) is 9.59 Å². The highest BCUT2D eigenvalue weighted by Crippen LogP contribution is 2.38. The Morgan fingerprint density at radius 2 is 1.52 bits per heavy atom. The highest BCUT2D eigenvalue weighted by Gasteiger charge is 2.42. The molecule has 0 aliphatic heterocycles. The van der Waals surface area contributed by atoms with Gasteiger partial charge in [-0.25, -0.2) is 0 Å². The molecule has 1 aromatic carbocycles. The highest BCUT2D eigenvalue weighted by atomic mass is 19.4. The van der Waals surface area contributed by atoms with E-state index >= 15 is 0 Å². The number of carbonyl (C=O) groups excluding carboxylic acids is 2. The molecule has 1 aromatic rings. The Hall–Kier alpha value is -2.37. The molecule has 1 unspecified atom stereocenters. The first-order valence-electron chi connectivity index (χ1n) is 6.87. The predicted octanol–water partition coefficient (Wildman–Crippen LogP) is 4.66. The van der Waals surface area contributed by atoms with Crippen LogP contribution in [0.2, 0.25) is 0 Å². The molecule has 0 bridgehead atoms. The maximum Gasteiger partial charge on any atom is 0.417 e. The lowest BCUT2D eigenvalue weighted by Crippen LogP contribution is -2.33. The van der Waals surface area contributed by atoms with Crippen molar-refractivity contribution < 1.29 is 35.9 Å². The zero-order valence-corrected chi connectivity index (χ0v) is 13.3. The van der Waals surface area contributed by atoms with Crippen molar-refractivity contribution in [2.75, 3.05) is 0 Å². The Morgan fingerprint density at radius 3 is 1.88 bits per heavy atom. The Balaban J connectivity index is 3.53. The summed E-state index contributed by atoms with van der Waals surface area (Å²) in [6, 6.07) is 1.78. The van der Waals surface area contributed by atoms with Gasteiger partial charge in [0.25, 0.3) is 0 Å². The van der Waals surface area contributed by atoms with Gasteiger partial charge in [0.2, 0.25) is 0 Å². The van der Waals surface area contributed by atoms with E-state index in [4.69, 9.17) is 5.26 Å². The second-order valence-corrected chi connectivity index (χ2v) is 6.30. The van der Waals surface area contributed by atoms with E-state index in [9.17, 15) is 35.9 Å². The van der Waals surface area contributed by atoms with Crippen LogP contribution in [0.3, 0.4) is 0 Å². The average molecular weight is 365 g/mol. The summed E-state index contributed by atoms with van der Waals surface area (Å²) >= 11 is 0. The molecule has 25 heavy (non-hydrogen) atoms. The summed E-state index contributed by atoms with van der Waals surface area (Å²) in [5.41, 5.74) is -5.77. The molecule has 9 heteroatoms. The maximum atomic E-state index is 13.1. The minimum absolute atomic E-state index is 0.205. The number of nitrogens with zero attached hydrogens (tertiary/aromatic N) is 1. The van der Waals surface area contributed by atoms with E-state index < -0.39 is 51.9 Å². The minimum Gasteiger partial charge on any atom is -0.297 e. The van der Waals surface area contributed by atoms with E-state index in [1.165, 1.54) is 26.8 Å². The molecule has 0 aliphatic carbocycles. The molecule has 0 amide bonds. The average Bonchev–Trinajstić information content (AvgIpc) is 2.44. The van der Waals surface area contributed by atoms with Crippen molar-refractivity contribution in [2.24, 2.45) is 11.3 Å². The first-order valence-corrected chi connectivity index (χ1v) is 6.87. The number of carbonyl (C=O) groups is 2.